The summed E-state index contributed by atoms with van der Waals surface area (Å²) in [6, 6.07) is 12.1. The molecule has 0 amide bonds. The highest BCUT2D eigenvalue weighted by Crippen LogP contribution is 2.32. The Labute approximate surface area is 153 Å². The third-order valence-electron chi connectivity index (χ3n) is 4.20. The molecule has 0 radical (unpaired) electrons. The molecular formula is C19H13ClFN5. The van der Waals surface area contributed by atoms with Crippen LogP contribution in [0.3, 0.4) is 0 Å². The van der Waals surface area contributed by atoms with Crippen LogP contribution >= 0.6 is 11.6 Å². The lowest BCUT2D eigenvalue weighted by atomic mass is 10.1. The van der Waals surface area contributed by atoms with Crippen molar-refractivity contribution in [3.8, 4) is 17.2 Å². The van der Waals surface area contributed by atoms with Crippen LogP contribution in [0.5, 0.6) is 0 Å². The van der Waals surface area contributed by atoms with Gasteiger partial charge in [-0.1, -0.05) is 17.7 Å². The monoisotopic (exact) mass is 365 g/mol. The Morgan fingerprint density at radius 3 is 2.81 bits per heavy atom. The van der Waals surface area contributed by atoms with E-state index in [0.717, 1.165) is 10.9 Å². The molecule has 0 fully saturated rings. The molecule has 5 nitrogen and oxygen atoms in total. The molecule has 7 heteroatoms. The molecule has 128 valence electrons. The van der Waals surface area contributed by atoms with E-state index in [1.807, 2.05) is 33.8 Å². The molecule has 0 atom stereocenters. The fourth-order valence-electron chi connectivity index (χ4n) is 2.93. The average molecular weight is 366 g/mol. The number of aromatic nitrogens is 4. The van der Waals surface area contributed by atoms with Crippen molar-refractivity contribution in [1.82, 2.24) is 19.3 Å². The number of nitrogens with zero attached hydrogens (tertiary/aromatic N) is 5. The number of nitriles is 1. The second-order valence-corrected chi connectivity index (χ2v) is 6.22. The normalized spacial score (nSPS) is 11.0. The Morgan fingerprint density at radius 1 is 1.19 bits per heavy atom. The van der Waals surface area contributed by atoms with Crippen LogP contribution in [0.15, 0.2) is 55.0 Å². The van der Waals surface area contributed by atoms with Crippen LogP contribution < -0.4 is 0 Å². The number of fused-ring (bicyclic) bond motifs is 1. The molecule has 26 heavy (non-hydrogen) atoms. The fraction of sp³-hybridized carbons (Fsp3) is 0.105. The Hall–Kier alpha value is -3.17. The Balaban J connectivity index is 1.82. The lowest BCUT2D eigenvalue weighted by Crippen LogP contribution is -2.07. The molecule has 0 spiro atoms. The van der Waals surface area contributed by atoms with Gasteiger partial charge in [0.1, 0.15) is 23.2 Å². The first-order valence-electron chi connectivity index (χ1n) is 7.98. The van der Waals surface area contributed by atoms with E-state index in [-0.39, 0.29) is 5.02 Å². The number of halogens is 2. The Morgan fingerprint density at radius 2 is 2.08 bits per heavy atom. The summed E-state index contributed by atoms with van der Waals surface area (Å²) in [5.41, 5.74) is 2.57. The number of benzene rings is 1. The van der Waals surface area contributed by atoms with Gasteiger partial charge < -0.3 is 4.57 Å². The van der Waals surface area contributed by atoms with Gasteiger partial charge in [-0.05, 0) is 35.9 Å². The summed E-state index contributed by atoms with van der Waals surface area (Å²) >= 11 is 5.80. The van der Waals surface area contributed by atoms with Crippen molar-refractivity contribution >= 4 is 22.6 Å². The van der Waals surface area contributed by atoms with Gasteiger partial charge >= 0.3 is 0 Å². The van der Waals surface area contributed by atoms with E-state index in [1.54, 1.807) is 18.3 Å². The van der Waals surface area contributed by atoms with Crippen LogP contribution in [0, 0.1) is 17.1 Å². The summed E-state index contributed by atoms with van der Waals surface area (Å²) < 4.78 is 17.7. The molecule has 0 aliphatic rings. The maximum absolute atomic E-state index is 13.9. The molecule has 0 N–H and O–H groups in total. The highest BCUT2D eigenvalue weighted by Gasteiger charge is 2.14. The summed E-state index contributed by atoms with van der Waals surface area (Å²) in [4.78, 5) is 4.43. The predicted molar refractivity (Wildman–Crippen MR) is 97.1 cm³/mol. The highest BCUT2D eigenvalue weighted by molar-refractivity contribution is 6.30. The zero-order valence-corrected chi connectivity index (χ0v) is 14.4. The van der Waals surface area contributed by atoms with Crippen LogP contribution in [-0.2, 0) is 13.1 Å². The van der Waals surface area contributed by atoms with E-state index in [0.29, 0.717) is 30.0 Å². The second-order valence-electron chi connectivity index (χ2n) is 5.81. The molecule has 3 aromatic heterocycles. The topological polar surface area (TPSA) is 59.4 Å². The van der Waals surface area contributed by atoms with E-state index in [2.05, 4.69) is 16.2 Å². The minimum atomic E-state index is -0.469. The van der Waals surface area contributed by atoms with Crippen molar-refractivity contribution in [3.63, 3.8) is 0 Å². The Bertz CT molecular complexity index is 1120. The van der Waals surface area contributed by atoms with Crippen molar-refractivity contribution in [1.29, 1.82) is 5.26 Å². The van der Waals surface area contributed by atoms with Crippen LogP contribution in [0.2, 0.25) is 5.02 Å². The van der Waals surface area contributed by atoms with Gasteiger partial charge in [-0.3, -0.25) is 4.68 Å². The predicted octanol–water partition coefficient (Wildman–Crippen LogP) is 4.26. The molecule has 0 aliphatic carbocycles. The van der Waals surface area contributed by atoms with Crippen LogP contribution in [0.25, 0.3) is 22.2 Å². The third kappa shape index (κ3) is 2.93. The molecule has 1 aromatic carbocycles. The number of aryl methyl sites for hydroxylation is 2. The number of pyridine rings is 1. The number of hydrogen-bond acceptors (Lipinski definition) is 3. The van der Waals surface area contributed by atoms with Gasteiger partial charge in [0, 0.05) is 36.1 Å². The molecule has 4 aromatic rings. The molecule has 0 saturated carbocycles. The van der Waals surface area contributed by atoms with Crippen LogP contribution in [0.4, 0.5) is 4.39 Å². The second kappa shape index (κ2) is 6.62. The third-order valence-corrected chi connectivity index (χ3v) is 4.50. The van der Waals surface area contributed by atoms with Gasteiger partial charge in [-0.25, -0.2) is 9.37 Å². The van der Waals surface area contributed by atoms with Crippen molar-refractivity contribution in [3.05, 3.63) is 71.5 Å². The summed E-state index contributed by atoms with van der Waals surface area (Å²) in [6.45, 7) is 1.28. The smallest absolute Gasteiger partial charge is 0.142 e. The molecule has 0 aliphatic heterocycles. The van der Waals surface area contributed by atoms with Gasteiger partial charge in [0.25, 0.3) is 0 Å². The molecule has 0 bridgehead atoms. The molecular weight excluding hydrogens is 353 g/mol. The van der Waals surface area contributed by atoms with Crippen molar-refractivity contribution < 1.29 is 4.39 Å². The lowest BCUT2D eigenvalue weighted by molar-refractivity contribution is 0.541. The number of rotatable bonds is 4. The maximum Gasteiger partial charge on any atom is 0.142 e. The average Bonchev–Trinajstić information content (AvgIpc) is 3.29. The van der Waals surface area contributed by atoms with Gasteiger partial charge in [0.05, 0.1) is 11.6 Å². The van der Waals surface area contributed by atoms with Crippen LogP contribution in [-0.4, -0.2) is 19.3 Å². The quantitative estimate of drug-likeness (QED) is 0.542. The van der Waals surface area contributed by atoms with Gasteiger partial charge in [-0.2, -0.15) is 10.4 Å². The van der Waals surface area contributed by atoms with E-state index in [9.17, 15) is 4.39 Å². The van der Waals surface area contributed by atoms with Crippen LogP contribution in [0.1, 0.15) is 5.69 Å². The first kappa shape index (κ1) is 16.3. The van der Waals surface area contributed by atoms with Crippen molar-refractivity contribution in [2.45, 2.75) is 13.1 Å². The lowest BCUT2D eigenvalue weighted by Gasteiger charge is -2.05. The van der Waals surface area contributed by atoms with E-state index in [4.69, 9.17) is 16.9 Å². The number of hydrogen-bond donors (Lipinski definition) is 0. The fourth-order valence-corrected chi connectivity index (χ4v) is 3.05. The van der Waals surface area contributed by atoms with Gasteiger partial charge in [0.2, 0.25) is 0 Å². The zero-order chi connectivity index (χ0) is 18.1. The summed E-state index contributed by atoms with van der Waals surface area (Å²) in [5.74, 6) is -0.469. The summed E-state index contributed by atoms with van der Waals surface area (Å²) in [6.07, 6.45) is 5.53. The minimum Gasteiger partial charge on any atom is -0.330 e. The Kier molecular flexibility index (Phi) is 4.15. The molecule has 4 rings (SSSR count). The van der Waals surface area contributed by atoms with E-state index in [1.165, 1.54) is 12.1 Å². The first-order valence-corrected chi connectivity index (χ1v) is 8.36. The minimum absolute atomic E-state index is 0.0843. The largest absolute Gasteiger partial charge is 0.330 e. The molecule has 0 saturated heterocycles. The van der Waals surface area contributed by atoms with Gasteiger partial charge in [0.15, 0.2) is 0 Å². The van der Waals surface area contributed by atoms with Crippen molar-refractivity contribution in [2.75, 3.05) is 0 Å². The standard InChI is InChI=1S/C19H13ClFN5/c20-17-5-2-13(10-18(17)21)16-12-25(8-9-26-7-1-6-23-26)19-15(16)4-3-14(11-22)24-19/h1-7,10,12H,8-9H2. The maximum atomic E-state index is 13.9. The SMILES string of the molecule is N#Cc1ccc2c(-c3ccc(Cl)c(F)c3)cn(CCn3cccn3)c2n1. The van der Waals surface area contributed by atoms with Gasteiger partial charge in [-0.15, -0.1) is 0 Å². The van der Waals surface area contributed by atoms with E-state index < -0.39 is 5.82 Å². The molecule has 0 unspecified atom stereocenters. The van der Waals surface area contributed by atoms with Crippen molar-refractivity contribution in [2.24, 2.45) is 0 Å². The zero-order valence-electron chi connectivity index (χ0n) is 13.6. The summed E-state index contributed by atoms with van der Waals surface area (Å²) in [7, 11) is 0. The highest BCUT2D eigenvalue weighted by atomic mass is 35.5. The molecule has 3 heterocycles. The first-order chi connectivity index (χ1) is 12.7. The summed E-state index contributed by atoms with van der Waals surface area (Å²) in [5, 5.41) is 14.3. The van der Waals surface area contributed by atoms with E-state index >= 15 is 0 Å².